The lowest BCUT2D eigenvalue weighted by atomic mass is 9.96. The number of rotatable bonds is 4. The molecule has 0 radical (unpaired) electrons. The van der Waals surface area contributed by atoms with Crippen molar-refractivity contribution >= 4 is 15.9 Å². The van der Waals surface area contributed by atoms with Crippen LogP contribution < -0.4 is 0 Å². The topological polar surface area (TPSA) is 60.9 Å². The second-order valence-electron chi connectivity index (χ2n) is 8.00. The fraction of sp³-hybridized carbons (Fsp3) is 0.650. The standard InChI is InChI=1S/C20H31N3O3S/c1-16-6-8-19(9-7-16)27(25,26)23-12-4-5-17(15-23)20(24)22(3)18-10-13-21(2)14-11-18/h6-9,17-18H,4-5,10-15H2,1-3H3/t17-/m0/s1. The highest BCUT2D eigenvalue weighted by molar-refractivity contribution is 7.89. The van der Waals surface area contributed by atoms with Gasteiger partial charge >= 0.3 is 0 Å². The smallest absolute Gasteiger partial charge is 0.243 e. The molecule has 6 nitrogen and oxygen atoms in total. The predicted molar refractivity (Wildman–Crippen MR) is 106 cm³/mol. The van der Waals surface area contributed by atoms with E-state index in [1.807, 2.05) is 31.0 Å². The minimum atomic E-state index is -3.55. The number of carbonyl (C=O) groups excluding carboxylic acids is 1. The molecule has 0 spiro atoms. The minimum Gasteiger partial charge on any atom is -0.342 e. The highest BCUT2D eigenvalue weighted by Gasteiger charge is 2.36. The van der Waals surface area contributed by atoms with Crippen LogP contribution in [-0.2, 0) is 14.8 Å². The van der Waals surface area contributed by atoms with E-state index in [1.165, 1.54) is 4.31 Å². The Morgan fingerprint density at radius 2 is 1.70 bits per heavy atom. The van der Waals surface area contributed by atoms with Crippen LogP contribution in [0.5, 0.6) is 0 Å². The van der Waals surface area contributed by atoms with Crippen LogP contribution >= 0.6 is 0 Å². The van der Waals surface area contributed by atoms with Gasteiger partial charge in [-0.15, -0.1) is 0 Å². The quantitative estimate of drug-likeness (QED) is 0.784. The number of benzene rings is 1. The van der Waals surface area contributed by atoms with Crippen LogP contribution in [0.1, 0.15) is 31.2 Å². The third-order valence-electron chi connectivity index (χ3n) is 5.98. The summed E-state index contributed by atoms with van der Waals surface area (Å²) in [5.41, 5.74) is 1.03. The molecule has 1 amide bonds. The zero-order chi connectivity index (χ0) is 19.6. The molecule has 2 aliphatic heterocycles. The van der Waals surface area contributed by atoms with Gasteiger partial charge in [-0.3, -0.25) is 4.79 Å². The fourth-order valence-electron chi connectivity index (χ4n) is 4.07. The molecular weight excluding hydrogens is 362 g/mol. The maximum Gasteiger partial charge on any atom is 0.243 e. The third kappa shape index (κ3) is 4.52. The van der Waals surface area contributed by atoms with Gasteiger partial charge in [0.05, 0.1) is 10.8 Å². The van der Waals surface area contributed by atoms with E-state index in [9.17, 15) is 13.2 Å². The van der Waals surface area contributed by atoms with Crippen molar-refractivity contribution in [3.63, 3.8) is 0 Å². The number of sulfonamides is 1. The Bertz CT molecular complexity index is 755. The molecule has 2 heterocycles. The van der Waals surface area contributed by atoms with Crippen LogP contribution in [-0.4, -0.2) is 74.7 Å². The highest BCUT2D eigenvalue weighted by Crippen LogP contribution is 2.26. The first kappa shape index (κ1) is 20.3. The lowest BCUT2D eigenvalue weighted by Gasteiger charge is -2.38. The molecule has 1 aromatic rings. The van der Waals surface area contributed by atoms with E-state index in [1.54, 1.807) is 12.1 Å². The molecule has 2 aliphatic rings. The van der Waals surface area contributed by atoms with Gasteiger partial charge in [-0.2, -0.15) is 4.31 Å². The van der Waals surface area contributed by atoms with Crippen molar-refractivity contribution in [2.45, 2.75) is 43.5 Å². The lowest BCUT2D eigenvalue weighted by molar-refractivity contribution is -0.138. The number of hydrogen-bond donors (Lipinski definition) is 0. The van der Waals surface area contributed by atoms with Crippen LogP contribution in [0.3, 0.4) is 0 Å². The SMILES string of the molecule is Cc1ccc(S(=O)(=O)N2CCC[C@H](C(=O)N(C)C3CCN(C)CC3)C2)cc1. The summed E-state index contributed by atoms with van der Waals surface area (Å²) in [5, 5.41) is 0. The number of aryl methyl sites for hydroxylation is 1. The van der Waals surface area contributed by atoms with Crippen molar-refractivity contribution < 1.29 is 13.2 Å². The first-order valence-corrected chi connectivity index (χ1v) is 11.2. The van der Waals surface area contributed by atoms with Crippen molar-refractivity contribution in [2.24, 2.45) is 5.92 Å². The number of hydrogen-bond acceptors (Lipinski definition) is 4. The van der Waals surface area contributed by atoms with Gasteiger partial charge in [0.15, 0.2) is 0 Å². The molecule has 0 saturated carbocycles. The second kappa shape index (κ2) is 8.29. The average Bonchev–Trinajstić information content (AvgIpc) is 2.68. The Balaban J connectivity index is 1.68. The Morgan fingerprint density at radius 3 is 2.33 bits per heavy atom. The normalized spacial score (nSPS) is 23.3. The van der Waals surface area contributed by atoms with E-state index < -0.39 is 10.0 Å². The fourth-order valence-corrected chi connectivity index (χ4v) is 5.60. The highest BCUT2D eigenvalue weighted by atomic mass is 32.2. The summed E-state index contributed by atoms with van der Waals surface area (Å²) in [5.74, 6) is -0.156. The Hall–Kier alpha value is -1.44. The molecule has 150 valence electrons. The summed E-state index contributed by atoms with van der Waals surface area (Å²) >= 11 is 0. The van der Waals surface area contributed by atoms with Crippen LogP contribution in [0.25, 0.3) is 0 Å². The summed E-state index contributed by atoms with van der Waals surface area (Å²) in [7, 11) is 0.438. The van der Waals surface area contributed by atoms with Crippen molar-refractivity contribution in [3.05, 3.63) is 29.8 Å². The van der Waals surface area contributed by atoms with Crippen LogP contribution in [0.4, 0.5) is 0 Å². The van der Waals surface area contributed by atoms with Crippen LogP contribution in [0, 0.1) is 12.8 Å². The monoisotopic (exact) mass is 393 g/mol. The van der Waals surface area contributed by atoms with E-state index in [-0.39, 0.29) is 24.4 Å². The maximum absolute atomic E-state index is 13.0. The molecule has 7 heteroatoms. The third-order valence-corrected chi connectivity index (χ3v) is 7.85. The van der Waals surface area contributed by atoms with Gasteiger partial charge in [0.1, 0.15) is 0 Å². The summed E-state index contributed by atoms with van der Waals surface area (Å²) in [4.78, 5) is 17.5. The second-order valence-corrected chi connectivity index (χ2v) is 9.94. The first-order valence-electron chi connectivity index (χ1n) is 9.81. The van der Waals surface area contributed by atoms with E-state index >= 15 is 0 Å². The Kier molecular flexibility index (Phi) is 6.23. The van der Waals surface area contributed by atoms with Crippen molar-refractivity contribution in [1.82, 2.24) is 14.1 Å². The molecule has 3 rings (SSSR count). The molecule has 0 aromatic heterocycles. The van der Waals surface area contributed by atoms with Crippen molar-refractivity contribution in [2.75, 3.05) is 40.3 Å². The number of piperidine rings is 2. The number of carbonyl (C=O) groups is 1. The Morgan fingerprint density at radius 1 is 1.07 bits per heavy atom. The van der Waals surface area contributed by atoms with E-state index in [2.05, 4.69) is 11.9 Å². The molecule has 27 heavy (non-hydrogen) atoms. The first-order chi connectivity index (χ1) is 12.8. The predicted octanol–water partition coefficient (Wildman–Crippen LogP) is 1.95. The minimum absolute atomic E-state index is 0.0911. The van der Waals surface area contributed by atoms with Crippen LogP contribution in [0.15, 0.2) is 29.2 Å². The van der Waals surface area contributed by atoms with Crippen molar-refractivity contribution in [1.29, 1.82) is 0 Å². The molecule has 2 fully saturated rings. The molecule has 0 unspecified atom stereocenters. The zero-order valence-electron chi connectivity index (χ0n) is 16.6. The Labute approximate surface area is 163 Å². The van der Waals surface area contributed by atoms with Gasteiger partial charge in [-0.1, -0.05) is 17.7 Å². The number of amides is 1. The van der Waals surface area contributed by atoms with Gasteiger partial charge in [-0.25, -0.2) is 8.42 Å². The average molecular weight is 394 g/mol. The molecule has 1 atom stereocenters. The molecule has 0 N–H and O–H groups in total. The lowest BCUT2D eigenvalue weighted by Crippen LogP contribution is -2.50. The van der Waals surface area contributed by atoms with Crippen LogP contribution in [0.2, 0.25) is 0 Å². The summed E-state index contributed by atoms with van der Waals surface area (Å²) in [6, 6.07) is 7.19. The van der Waals surface area contributed by atoms with Gasteiger partial charge < -0.3 is 9.80 Å². The number of nitrogens with zero attached hydrogens (tertiary/aromatic N) is 3. The van der Waals surface area contributed by atoms with E-state index in [0.29, 0.717) is 11.4 Å². The molecule has 2 saturated heterocycles. The van der Waals surface area contributed by atoms with E-state index in [4.69, 9.17) is 0 Å². The molecule has 0 aliphatic carbocycles. The van der Waals surface area contributed by atoms with Gasteiger partial charge in [0, 0.05) is 26.2 Å². The van der Waals surface area contributed by atoms with Crippen molar-refractivity contribution in [3.8, 4) is 0 Å². The summed E-state index contributed by atoms with van der Waals surface area (Å²) in [6.07, 6.45) is 3.45. The largest absolute Gasteiger partial charge is 0.342 e. The summed E-state index contributed by atoms with van der Waals surface area (Å²) in [6.45, 7) is 4.70. The molecule has 0 bridgehead atoms. The zero-order valence-corrected chi connectivity index (χ0v) is 17.4. The summed E-state index contributed by atoms with van der Waals surface area (Å²) < 4.78 is 27.4. The maximum atomic E-state index is 13.0. The van der Waals surface area contributed by atoms with Gasteiger partial charge in [0.2, 0.25) is 15.9 Å². The van der Waals surface area contributed by atoms with Gasteiger partial charge in [-0.05, 0) is 64.9 Å². The molecule has 1 aromatic carbocycles. The van der Waals surface area contributed by atoms with E-state index in [0.717, 1.165) is 44.3 Å². The van der Waals surface area contributed by atoms with Gasteiger partial charge in [0.25, 0.3) is 0 Å². The number of likely N-dealkylation sites (tertiary alicyclic amines) is 1. The molecular formula is C20H31N3O3S.